The van der Waals surface area contributed by atoms with Crippen molar-refractivity contribution >= 4 is 45.1 Å². The summed E-state index contributed by atoms with van der Waals surface area (Å²) < 4.78 is 42.1. The van der Waals surface area contributed by atoms with Crippen molar-refractivity contribution in [2.45, 2.75) is 115 Å². The van der Waals surface area contributed by atoms with E-state index >= 15 is 0 Å². The van der Waals surface area contributed by atoms with Gasteiger partial charge in [-0.2, -0.15) is 17.7 Å². The summed E-state index contributed by atoms with van der Waals surface area (Å²) in [6.45, 7) is 9.12. The number of pyridine rings is 1. The van der Waals surface area contributed by atoms with Gasteiger partial charge in [0.15, 0.2) is 0 Å². The van der Waals surface area contributed by atoms with E-state index in [1.807, 2.05) is 30.6 Å². The lowest BCUT2D eigenvalue weighted by Crippen LogP contribution is -2.58. The highest BCUT2D eigenvalue weighted by molar-refractivity contribution is 7.87. The standard InChI is InChI=1S/C34H50N8O8S/c1-21(2)42-27-19-35-16-15-24(27)36-31(42)49-23-17-26-28(43)38-34(30(45)39-51(47,48)40(6)7)18-22(34)13-11-9-8-10-12-14-25(29(44)41(26)20-23)37-32(46)50-33(3,4)5/h11,13,15-16,19,21-23,25-26H,8-10,12,14,17-18,20H2,1-7H3,(H,37,46)(H,38,43)(H,39,45)/b13-11-/t22-,23+,25-,26-,34+/m0/s1. The molecule has 51 heavy (non-hydrogen) atoms. The maximum Gasteiger partial charge on any atom is 0.408 e. The van der Waals surface area contributed by atoms with E-state index < -0.39 is 69.3 Å². The Labute approximate surface area is 298 Å². The number of fused-ring (bicyclic) bond motifs is 3. The zero-order valence-corrected chi connectivity index (χ0v) is 31.2. The van der Waals surface area contributed by atoms with E-state index in [1.54, 1.807) is 39.2 Å². The topological polar surface area (TPSA) is 194 Å². The summed E-state index contributed by atoms with van der Waals surface area (Å²) in [4.78, 5) is 65.5. The van der Waals surface area contributed by atoms with Crippen LogP contribution in [-0.2, 0) is 29.3 Å². The molecule has 5 rings (SSSR count). The molecule has 1 saturated heterocycles. The average molecular weight is 731 g/mol. The minimum Gasteiger partial charge on any atom is -0.459 e. The number of hydrogen-bond acceptors (Lipinski definition) is 10. The summed E-state index contributed by atoms with van der Waals surface area (Å²) in [6.07, 6.45) is 9.02. The maximum absolute atomic E-state index is 14.4. The number of carbonyl (C=O) groups is 4. The molecule has 2 aromatic heterocycles. The molecule has 17 heteroatoms. The van der Waals surface area contributed by atoms with Crippen LogP contribution >= 0.6 is 0 Å². The van der Waals surface area contributed by atoms with Gasteiger partial charge in [0, 0.05) is 38.7 Å². The molecule has 1 saturated carbocycles. The van der Waals surface area contributed by atoms with E-state index in [0.717, 1.165) is 22.7 Å². The van der Waals surface area contributed by atoms with E-state index in [1.165, 1.54) is 19.0 Å². The largest absolute Gasteiger partial charge is 0.459 e. The van der Waals surface area contributed by atoms with Crippen molar-refractivity contribution in [2.24, 2.45) is 5.92 Å². The van der Waals surface area contributed by atoms with E-state index in [-0.39, 0.29) is 25.4 Å². The normalized spacial score (nSPS) is 26.8. The fourth-order valence-electron chi connectivity index (χ4n) is 6.56. The Morgan fingerprint density at radius 3 is 2.59 bits per heavy atom. The molecule has 3 N–H and O–H groups in total. The van der Waals surface area contributed by atoms with Crippen molar-refractivity contribution in [3.8, 4) is 6.01 Å². The summed E-state index contributed by atoms with van der Waals surface area (Å²) >= 11 is 0. The fourth-order valence-corrected chi connectivity index (χ4v) is 7.16. The van der Waals surface area contributed by atoms with Crippen LogP contribution < -0.4 is 20.1 Å². The zero-order valence-electron chi connectivity index (χ0n) is 30.3. The van der Waals surface area contributed by atoms with Crippen LogP contribution in [0.4, 0.5) is 4.79 Å². The first-order valence-corrected chi connectivity index (χ1v) is 18.9. The quantitative estimate of drug-likeness (QED) is 0.357. The summed E-state index contributed by atoms with van der Waals surface area (Å²) in [5.41, 5.74) is -0.914. The van der Waals surface area contributed by atoms with Gasteiger partial charge in [-0.3, -0.25) is 23.9 Å². The maximum atomic E-state index is 14.4. The Bertz CT molecular complexity index is 1790. The van der Waals surface area contributed by atoms with Gasteiger partial charge < -0.3 is 25.0 Å². The molecule has 0 bridgehead atoms. The number of aromatic nitrogens is 3. The first-order valence-electron chi connectivity index (χ1n) is 17.4. The molecule has 0 radical (unpaired) electrons. The highest BCUT2D eigenvalue weighted by atomic mass is 32.2. The molecule has 1 aliphatic carbocycles. The molecule has 3 aliphatic rings. The number of carbonyl (C=O) groups excluding carboxylic acids is 4. The van der Waals surface area contributed by atoms with Crippen LogP contribution in [0.5, 0.6) is 6.01 Å². The Hall–Kier alpha value is -4.25. The van der Waals surface area contributed by atoms with E-state index in [4.69, 9.17) is 9.47 Å². The Kier molecular flexibility index (Phi) is 11.0. The van der Waals surface area contributed by atoms with Crippen LogP contribution in [0.15, 0.2) is 30.6 Å². The predicted molar refractivity (Wildman–Crippen MR) is 188 cm³/mol. The van der Waals surface area contributed by atoms with Gasteiger partial charge in [-0.25, -0.2) is 9.52 Å². The summed E-state index contributed by atoms with van der Waals surface area (Å²) in [7, 11) is -1.57. The predicted octanol–water partition coefficient (Wildman–Crippen LogP) is 2.57. The number of alkyl carbamates (subject to hydrolysis) is 1. The van der Waals surface area contributed by atoms with Crippen molar-refractivity contribution < 1.29 is 37.1 Å². The molecule has 280 valence electrons. The van der Waals surface area contributed by atoms with Gasteiger partial charge in [0.2, 0.25) is 11.8 Å². The van der Waals surface area contributed by atoms with E-state index in [0.29, 0.717) is 30.8 Å². The van der Waals surface area contributed by atoms with Crippen LogP contribution in [-0.4, -0.2) is 106 Å². The minimum atomic E-state index is -4.16. The van der Waals surface area contributed by atoms with Crippen molar-refractivity contribution in [2.75, 3.05) is 20.6 Å². The fraction of sp³-hybridized carbons (Fsp3) is 0.647. The second-order valence-corrected chi connectivity index (χ2v) is 16.8. The van der Waals surface area contributed by atoms with Crippen molar-refractivity contribution in [1.82, 2.24) is 39.1 Å². The number of imidazole rings is 1. The summed E-state index contributed by atoms with van der Waals surface area (Å²) in [6, 6.07) is -0.101. The number of hydrogen-bond donors (Lipinski definition) is 3. The van der Waals surface area contributed by atoms with Gasteiger partial charge in [0.25, 0.3) is 11.9 Å². The first kappa shape index (κ1) is 38.0. The molecule has 2 aromatic rings. The number of rotatable bonds is 7. The van der Waals surface area contributed by atoms with Crippen LogP contribution in [0.2, 0.25) is 0 Å². The Balaban J connectivity index is 1.49. The lowest BCUT2D eigenvalue weighted by Gasteiger charge is -2.30. The number of ether oxygens (including phenoxy) is 2. The molecule has 5 atom stereocenters. The van der Waals surface area contributed by atoms with Crippen molar-refractivity contribution in [1.29, 1.82) is 0 Å². The number of allylic oxidation sites excluding steroid dienone is 1. The van der Waals surface area contributed by atoms with Crippen molar-refractivity contribution in [3.05, 3.63) is 30.6 Å². The van der Waals surface area contributed by atoms with Gasteiger partial charge in [0.1, 0.15) is 29.3 Å². The highest BCUT2D eigenvalue weighted by Gasteiger charge is 2.61. The van der Waals surface area contributed by atoms with Gasteiger partial charge in [-0.1, -0.05) is 25.0 Å². The van der Waals surface area contributed by atoms with Gasteiger partial charge in [-0.05, 0) is 66.4 Å². The zero-order chi connectivity index (χ0) is 37.3. The number of amides is 4. The molecule has 4 amide bonds. The second-order valence-electron chi connectivity index (χ2n) is 15.0. The molecule has 16 nitrogen and oxygen atoms in total. The van der Waals surface area contributed by atoms with Crippen LogP contribution in [0.1, 0.15) is 85.6 Å². The molecular weight excluding hydrogens is 680 g/mol. The summed E-state index contributed by atoms with van der Waals surface area (Å²) in [5.74, 6) is -2.46. The molecule has 0 aromatic carbocycles. The van der Waals surface area contributed by atoms with Gasteiger partial charge >= 0.3 is 16.3 Å². The van der Waals surface area contributed by atoms with Gasteiger partial charge in [-0.15, -0.1) is 0 Å². The van der Waals surface area contributed by atoms with E-state index in [2.05, 4.69) is 25.3 Å². The third-order valence-corrected chi connectivity index (χ3v) is 10.7. The molecule has 4 heterocycles. The third-order valence-electron chi connectivity index (χ3n) is 9.29. The van der Waals surface area contributed by atoms with Crippen molar-refractivity contribution in [3.63, 3.8) is 0 Å². The third kappa shape index (κ3) is 8.63. The van der Waals surface area contributed by atoms with Crippen LogP contribution in [0.3, 0.4) is 0 Å². The lowest BCUT2D eigenvalue weighted by molar-refractivity contribution is -0.141. The first-order chi connectivity index (χ1) is 23.9. The minimum absolute atomic E-state index is 0.0134. The second kappa shape index (κ2) is 14.8. The highest BCUT2D eigenvalue weighted by Crippen LogP contribution is 2.46. The molecule has 0 unspecified atom stereocenters. The Morgan fingerprint density at radius 1 is 1.16 bits per heavy atom. The summed E-state index contributed by atoms with van der Waals surface area (Å²) in [5, 5.41) is 5.57. The number of nitrogens with zero attached hydrogens (tertiary/aromatic N) is 5. The molecule has 0 spiro atoms. The monoisotopic (exact) mass is 730 g/mol. The smallest absolute Gasteiger partial charge is 0.408 e. The average Bonchev–Trinajstić information content (AvgIpc) is 3.36. The SMILES string of the molecule is CC(C)n1c(O[C@@H]2C[C@H]3C(=O)N[C@]4(C(=O)NS(=O)(=O)N(C)C)C[C@@H]4/C=C\CCCCC[C@H](NC(=O)OC(C)(C)C)C(=O)N3C2)nc2ccncc21. The number of nitrogens with one attached hydrogen (secondary N) is 3. The molecule has 2 aliphatic heterocycles. The van der Waals surface area contributed by atoms with E-state index in [9.17, 15) is 27.6 Å². The van der Waals surface area contributed by atoms with Gasteiger partial charge in [0.05, 0.1) is 23.8 Å². The molecular formula is C34H50N8O8S. The van der Waals surface area contributed by atoms with Crippen LogP contribution in [0, 0.1) is 5.92 Å². The Morgan fingerprint density at radius 2 is 1.90 bits per heavy atom. The van der Waals surface area contributed by atoms with Crippen LogP contribution in [0.25, 0.3) is 11.0 Å². The lowest BCUT2D eigenvalue weighted by atomic mass is 10.0. The molecule has 2 fully saturated rings.